The van der Waals surface area contributed by atoms with Gasteiger partial charge in [-0.15, -0.1) is 11.3 Å². The summed E-state index contributed by atoms with van der Waals surface area (Å²) < 4.78 is 27.2. The fourth-order valence-corrected chi connectivity index (χ4v) is 3.53. The number of amides is 1. The van der Waals surface area contributed by atoms with Crippen molar-refractivity contribution >= 4 is 34.4 Å². The van der Waals surface area contributed by atoms with E-state index in [-0.39, 0.29) is 15.5 Å². The lowest BCUT2D eigenvalue weighted by Crippen LogP contribution is -2.35. The van der Waals surface area contributed by atoms with Crippen LogP contribution in [0, 0.1) is 11.3 Å². The number of carbonyl (C=O) groups excluding carboxylic acids is 1. The molecule has 3 aromatic rings. The summed E-state index contributed by atoms with van der Waals surface area (Å²) in [6.07, 6.45) is 2.70. The monoisotopic (exact) mass is 393 g/mol. The molecule has 1 fully saturated rings. The van der Waals surface area contributed by atoms with Gasteiger partial charge in [-0.1, -0.05) is 11.6 Å². The van der Waals surface area contributed by atoms with Crippen molar-refractivity contribution in [3.63, 3.8) is 0 Å². The molecule has 1 aliphatic carbocycles. The van der Waals surface area contributed by atoms with Gasteiger partial charge in [-0.2, -0.15) is 5.26 Å². The molecule has 1 saturated carbocycles. The molecule has 3 heterocycles. The van der Waals surface area contributed by atoms with Gasteiger partial charge in [0.1, 0.15) is 5.54 Å². The van der Waals surface area contributed by atoms with Crippen LogP contribution in [0.15, 0.2) is 24.7 Å². The Morgan fingerprint density at radius 1 is 1.42 bits per heavy atom. The highest BCUT2D eigenvalue weighted by Gasteiger charge is 2.44. The first-order chi connectivity index (χ1) is 12.4. The molecule has 1 N–H and O–H groups in total. The van der Waals surface area contributed by atoms with E-state index in [1.165, 1.54) is 22.9 Å². The van der Waals surface area contributed by atoms with Crippen molar-refractivity contribution in [2.24, 2.45) is 0 Å². The SMILES string of the molecule is N#CC1(NC(=O)c2cc(Cl)c3cnc(-c4ncc(C(F)F)s4)n3c2)CC1. The number of imidazole rings is 1. The minimum absolute atomic E-state index is 0.165. The van der Waals surface area contributed by atoms with Crippen molar-refractivity contribution in [1.82, 2.24) is 19.7 Å². The van der Waals surface area contributed by atoms with E-state index < -0.39 is 17.9 Å². The second kappa shape index (κ2) is 6.00. The molecule has 0 aromatic carbocycles. The lowest BCUT2D eigenvalue weighted by molar-refractivity contribution is 0.0941. The Labute approximate surface area is 155 Å². The third-order valence-corrected chi connectivity index (χ3v) is 5.40. The van der Waals surface area contributed by atoms with Crippen LogP contribution in [0.1, 0.15) is 34.5 Å². The van der Waals surface area contributed by atoms with Gasteiger partial charge in [0, 0.05) is 12.4 Å². The van der Waals surface area contributed by atoms with E-state index in [4.69, 9.17) is 16.9 Å². The van der Waals surface area contributed by atoms with Crippen molar-refractivity contribution < 1.29 is 13.6 Å². The molecule has 0 aliphatic heterocycles. The number of nitrogens with zero attached hydrogens (tertiary/aromatic N) is 4. The molecule has 0 spiro atoms. The van der Waals surface area contributed by atoms with Gasteiger partial charge in [-0.05, 0) is 18.9 Å². The van der Waals surface area contributed by atoms with E-state index in [9.17, 15) is 13.6 Å². The maximum absolute atomic E-state index is 12.8. The third-order valence-electron chi connectivity index (χ3n) is 4.10. The summed E-state index contributed by atoms with van der Waals surface area (Å²) in [5.74, 6) is -0.116. The first-order valence-corrected chi connectivity index (χ1v) is 8.76. The Hall–Kier alpha value is -2.57. The average molecular weight is 394 g/mol. The van der Waals surface area contributed by atoms with Gasteiger partial charge >= 0.3 is 0 Å². The second-order valence-electron chi connectivity index (χ2n) is 5.93. The van der Waals surface area contributed by atoms with Crippen molar-refractivity contribution in [3.8, 4) is 16.9 Å². The number of halogens is 3. The van der Waals surface area contributed by atoms with Gasteiger partial charge in [-0.3, -0.25) is 9.20 Å². The number of nitriles is 1. The van der Waals surface area contributed by atoms with Crippen LogP contribution in [0.2, 0.25) is 5.02 Å². The van der Waals surface area contributed by atoms with Gasteiger partial charge in [-0.25, -0.2) is 18.7 Å². The third kappa shape index (κ3) is 2.81. The summed E-state index contributed by atoms with van der Waals surface area (Å²) >= 11 is 7.07. The van der Waals surface area contributed by atoms with Gasteiger partial charge in [0.25, 0.3) is 12.3 Å². The smallest absolute Gasteiger partial charge is 0.274 e. The molecule has 1 aliphatic rings. The fourth-order valence-electron chi connectivity index (χ4n) is 2.51. The zero-order valence-corrected chi connectivity index (χ0v) is 14.6. The molecule has 0 saturated heterocycles. The number of rotatable bonds is 4. The van der Waals surface area contributed by atoms with Crippen molar-refractivity contribution in [3.05, 3.63) is 40.1 Å². The molecule has 0 unspecified atom stereocenters. The number of pyridine rings is 1. The molecule has 26 heavy (non-hydrogen) atoms. The van der Waals surface area contributed by atoms with E-state index in [2.05, 4.69) is 21.4 Å². The Balaban J connectivity index is 1.75. The second-order valence-corrected chi connectivity index (χ2v) is 7.40. The summed E-state index contributed by atoms with van der Waals surface area (Å²) in [6.45, 7) is 0. The number of fused-ring (bicyclic) bond motifs is 1. The van der Waals surface area contributed by atoms with E-state index >= 15 is 0 Å². The van der Waals surface area contributed by atoms with Gasteiger partial charge < -0.3 is 5.32 Å². The lowest BCUT2D eigenvalue weighted by Gasteiger charge is -2.10. The van der Waals surface area contributed by atoms with E-state index in [1.54, 1.807) is 0 Å². The maximum Gasteiger partial charge on any atom is 0.274 e. The first kappa shape index (κ1) is 16.9. The van der Waals surface area contributed by atoms with Crippen LogP contribution in [0.3, 0.4) is 0 Å². The summed E-state index contributed by atoms with van der Waals surface area (Å²) in [5.41, 5.74) is -0.0417. The quantitative estimate of drug-likeness (QED) is 0.730. The van der Waals surface area contributed by atoms with E-state index in [0.717, 1.165) is 17.5 Å². The van der Waals surface area contributed by atoms with Crippen LogP contribution in [0.25, 0.3) is 16.3 Å². The minimum Gasteiger partial charge on any atom is -0.334 e. The van der Waals surface area contributed by atoms with Crippen LogP contribution in [-0.2, 0) is 0 Å². The highest BCUT2D eigenvalue weighted by atomic mass is 35.5. The number of hydrogen-bond donors (Lipinski definition) is 1. The van der Waals surface area contributed by atoms with Crippen LogP contribution in [0.4, 0.5) is 8.78 Å². The molecule has 0 bridgehead atoms. The van der Waals surface area contributed by atoms with Crippen molar-refractivity contribution in [2.75, 3.05) is 0 Å². The van der Waals surface area contributed by atoms with Crippen LogP contribution in [0.5, 0.6) is 0 Å². The van der Waals surface area contributed by atoms with Crippen LogP contribution >= 0.6 is 22.9 Å². The number of nitrogens with one attached hydrogen (secondary N) is 1. The predicted octanol–water partition coefficient (Wildman–Crippen LogP) is 3.83. The number of thiazole rings is 1. The molecular formula is C16H10ClF2N5OS. The van der Waals surface area contributed by atoms with E-state index in [1.807, 2.05) is 0 Å². The molecule has 6 nitrogen and oxygen atoms in total. The molecule has 3 aromatic heterocycles. The van der Waals surface area contributed by atoms with Crippen molar-refractivity contribution in [2.45, 2.75) is 24.8 Å². The Morgan fingerprint density at radius 2 is 2.19 bits per heavy atom. The number of hydrogen-bond acceptors (Lipinski definition) is 5. The average Bonchev–Trinajstić information content (AvgIpc) is 3.03. The summed E-state index contributed by atoms with van der Waals surface area (Å²) in [5, 5.41) is 12.4. The first-order valence-electron chi connectivity index (χ1n) is 7.57. The van der Waals surface area contributed by atoms with Gasteiger partial charge in [0.2, 0.25) is 0 Å². The highest BCUT2D eigenvalue weighted by Crippen LogP contribution is 2.35. The molecule has 1 amide bonds. The predicted molar refractivity (Wildman–Crippen MR) is 91.3 cm³/mol. The number of alkyl halides is 2. The molecule has 10 heteroatoms. The fraction of sp³-hybridized carbons (Fsp3) is 0.250. The Morgan fingerprint density at radius 3 is 2.81 bits per heavy atom. The van der Waals surface area contributed by atoms with Crippen molar-refractivity contribution in [1.29, 1.82) is 5.26 Å². The highest BCUT2D eigenvalue weighted by molar-refractivity contribution is 7.15. The molecule has 4 rings (SSSR count). The van der Waals surface area contributed by atoms with Gasteiger partial charge in [0.15, 0.2) is 10.8 Å². The Kier molecular flexibility index (Phi) is 3.89. The van der Waals surface area contributed by atoms with E-state index in [0.29, 0.717) is 29.2 Å². The van der Waals surface area contributed by atoms with Gasteiger partial charge in [0.05, 0.1) is 33.2 Å². The lowest BCUT2D eigenvalue weighted by atomic mass is 10.2. The summed E-state index contributed by atoms with van der Waals surface area (Å²) in [7, 11) is 0. The largest absolute Gasteiger partial charge is 0.334 e. The standard InChI is InChI=1S/C16H10ClF2N5OS/c17-9-3-8(14(25)23-16(7-20)1-2-16)6-24-10(9)4-21-13(24)15-22-5-11(26-15)12(18)19/h3-6,12H,1-2H2,(H,23,25). The number of carbonyl (C=O) groups is 1. The minimum atomic E-state index is -2.61. The normalized spacial score (nSPS) is 15.2. The zero-order chi connectivity index (χ0) is 18.5. The van der Waals surface area contributed by atoms with Crippen LogP contribution < -0.4 is 5.32 Å². The van der Waals surface area contributed by atoms with Crippen LogP contribution in [-0.4, -0.2) is 25.8 Å². The topological polar surface area (TPSA) is 83.1 Å². The Bertz CT molecular complexity index is 1070. The molecule has 0 atom stereocenters. The molecule has 0 radical (unpaired) electrons. The zero-order valence-electron chi connectivity index (χ0n) is 13.0. The molecular weight excluding hydrogens is 384 g/mol. The maximum atomic E-state index is 12.8. The molecule has 132 valence electrons. The summed E-state index contributed by atoms with van der Waals surface area (Å²) in [4.78, 5) is 20.5. The summed E-state index contributed by atoms with van der Waals surface area (Å²) in [6, 6.07) is 3.57. The number of aromatic nitrogens is 3.